The van der Waals surface area contributed by atoms with Crippen LogP contribution in [0.4, 0.5) is 5.69 Å². The molecule has 1 saturated heterocycles. The van der Waals surface area contributed by atoms with E-state index in [1.165, 1.54) is 6.92 Å². The average molecular weight is 318 g/mol. The number of benzene rings is 1. The van der Waals surface area contributed by atoms with Gasteiger partial charge in [-0.3, -0.25) is 9.59 Å². The van der Waals surface area contributed by atoms with Gasteiger partial charge in [0.25, 0.3) is 5.91 Å². The molecule has 2 amide bonds. The number of likely N-dealkylation sites (tertiary alicyclic amines) is 1. The van der Waals surface area contributed by atoms with Gasteiger partial charge in [0.15, 0.2) is 6.61 Å². The van der Waals surface area contributed by atoms with Crippen LogP contribution in [0.2, 0.25) is 0 Å². The van der Waals surface area contributed by atoms with Gasteiger partial charge in [0.1, 0.15) is 0 Å². The number of nitrogens with zero attached hydrogens (tertiary/aromatic N) is 1. The molecule has 0 aromatic heterocycles. The van der Waals surface area contributed by atoms with E-state index < -0.39 is 5.97 Å². The molecule has 6 heteroatoms. The molecular weight excluding hydrogens is 296 g/mol. The van der Waals surface area contributed by atoms with Crippen molar-refractivity contribution in [2.75, 3.05) is 25.0 Å². The van der Waals surface area contributed by atoms with Gasteiger partial charge in [-0.25, -0.2) is 4.79 Å². The Morgan fingerprint density at radius 2 is 1.96 bits per heavy atom. The van der Waals surface area contributed by atoms with Crippen LogP contribution in [0, 0.1) is 5.92 Å². The molecule has 1 aliphatic rings. The number of hydrogen-bond acceptors (Lipinski definition) is 4. The third-order valence-electron chi connectivity index (χ3n) is 3.78. The molecule has 0 spiro atoms. The minimum absolute atomic E-state index is 0.153. The van der Waals surface area contributed by atoms with E-state index in [0.717, 1.165) is 25.9 Å². The molecule has 0 radical (unpaired) electrons. The number of carbonyl (C=O) groups is 3. The van der Waals surface area contributed by atoms with Crippen LogP contribution in [0.15, 0.2) is 24.3 Å². The van der Waals surface area contributed by atoms with E-state index in [9.17, 15) is 14.4 Å². The number of carbonyl (C=O) groups excluding carboxylic acids is 3. The van der Waals surface area contributed by atoms with Crippen LogP contribution in [0.1, 0.15) is 37.0 Å². The van der Waals surface area contributed by atoms with Gasteiger partial charge in [0.2, 0.25) is 5.91 Å². The molecule has 1 aromatic rings. The lowest BCUT2D eigenvalue weighted by Crippen LogP contribution is -2.41. The lowest BCUT2D eigenvalue weighted by molar-refractivity contribution is -0.136. The van der Waals surface area contributed by atoms with E-state index in [1.807, 2.05) is 0 Å². The summed E-state index contributed by atoms with van der Waals surface area (Å²) in [7, 11) is 0. The number of rotatable bonds is 4. The largest absolute Gasteiger partial charge is 0.452 e. The monoisotopic (exact) mass is 318 g/mol. The van der Waals surface area contributed by atoms with Crippen molar-refractivity contribution in [2.45, 2.75) is 26.7 Å². The van der Waals surface area contributed by atoms with Crippen LogP contribution < -0.4 is 5.32 Å². The first kappa shape index (κ1) is 17.0. The van der Waals surface area contributed by atoms with Gasteiger partial charge in [-0.2, -0.15) is 0 Å². The topological polar surface area (TPSA) is 75.7 Å². The van der Waals surface area contributed by atoms with Crippen molar-refractivity contribution >= 4 is 23.5 Å². The maximum atomic E-state index is 12.1. The van der Waals surface area contributed by atoms with Gasteiger partial charge in [-0.1, -0.05) is 6.92 Å². The van der Waals surface area contributed by atoms with E-state index in [0.29, 0.717) is 17.2 Å². The summed E-state index contributed by atoms with van der Waals surface area (Å²) in [5.74, 6) is -0.385. The Labute approximate surface area is 135 Å². The fourth-order valence-corrected chi connectivity index (χ4v) is 2.61. The number of nitrogens with one attached hydrogen (secondary N) is 1. The summed E-state index contributed by atoms with van der Waals surface area (Å²) in [5, 5.41) is 2.62. The molecule has 23 heavy (non-hydrogen) atoms. The molecule has 0 aliphatic carbocycles. The fourth-order valence-electron chi connectivity index (χ4n) is 2.61. The SMILES string of the molecule is CC(=O)Nc1ccc(C(=O)OCC(=O)N2CCCC(C)C2)cc1. The quantitative estimate of drug-likeness (QED) is 0.862. The highest BCUT2D eigenvalue weighted by Gasteiger charge is 2.22. The standard InChI is InChI=1S/C17H22N2O4/c1-12-4-3-9-19(10-12)16(21)11-23-17(22)14-5-7-15(8-6-14)18-13(2)20/h5-8,12H,3-4,9-11H2,1-2H3,(H,18,20). The first-order chi connectivity index (χ1) is 11.0. The lowest BCUT2D eigenvalue weighted by Gasteiger charge is -2.30. The van der Waals surface area contributed by atoms with Crippen LogP contribution in [0.25, 0.3) is 0 Å². The number of amides is 2. The number of hydrogen-bond donors (Lipinski definition) is 1. The second-order valence-corrected chi connectivity index (χ2v) is 5.92. The maximum Gasteiger partial charge on any atom is 0.338 e. The van der Waals surface area contributed by atoms with Crippen molar-refractivity contribution < 1.29 is 19.1 Å². The Kier molecular flexibility index (Phi) is 5.73. The average Bonchev–Trinajstić information content (AvgIpc) is 2.52. The maximum absolute atomic E-state index is 12.1. The zero-order valence-electron chi connectivity index (χ0n) is 13.5. The minimum Gasteiger partial charge on any atom is -0.452 e. The van der Waals surface area contributed by atoms with E-state index in [1.54, 1.807) is 29.2 Å². The van der Waals surface area contributed by atoms with Crippen LogP contribution in [-0.4, -0.2) is 42.4 Å². The molecular formula is C17H22N2O4. The predicted octanol–water partition coefficient (Wildman–Crippen LogP) is 2.06. The summed E-state index contributed by atoms with van der Waals surface area (Å²) < 4.78 is 5.08. The van der Waals surface area contributed by atoms with Gasteiger partial charge in [-0.15, -0.1) is 0 Å². The molecule has 1 fully saturated rings. The van der Waals surface area contributed by atoms with Crippen LogP contribution in [0.5, 0.6) is 0 Å². The first-order valence-corrected chi connectivity index (χ1v) is 7.78. The van der Waals surface area contributed by atoms with Crippen molar-refractivity contribution in [3.05, 3.63) is 29.8 Å². The van der Waals surface area contributed by atoms with E-state index in [4.69, 9.17) is 4.74 Å². The second-order valence-electron chi connectivity index (χ2n) is 5.92. The van der Waals surface area contributed by atoms with Gasteiger partial charge in [0.05, 0.1) is 5.56 Å². The van der Waals surface area contributed by atoms with E-state index in [2.05, 4.69) is 12.2 Å². The Bertz CT molecular complexity index is 583. The Morgan fingerprint density at radius 3 is 2.57 bits per heavy atom. The molecule has 2 rings (SSSR count). The van der Waals surface area contributed by atoms with Gasteiger partial charge >= 0.3 is 5.97 Å². The Morgan fingerprint density at radius 1 is 1.26 bits per heavy atom. The number of piperidine rings is 1. The lowest BCUT2D eigenvalue weighted by atomic mass is 10.0. The predicted molar refractivity (Wildman–Crippen MR) is 86.0 cm³/mol. The summed E-state index contributed by atoms with van der Waals surface area (Å²) in [6.45, 7) is 4.74. The number of ether oxygens (including phenoxy) is 1. The molecule has 124 valence electrons. The molecule has 1 N–H and O–H groups in total. The molecule has 1 unspecified atom stereocenters. The summed E-state index contributed by atoms with van der Waals surface area (Å²) in [5.41, 5.74) is 0.950. The summed E-state index contributed by atoms with van der Waals surface area (Å²) in [6.07, 6.45) is 2.12. The van der Waals surface area contributed by atoms with Gasteiger partial charge in [0, 0.05) is 25.7 Å². The van der Waals surface area contributed by atoms with Crippen molar-refractivity contribution in [1.29, 1.82) is 0 Å². The normalized spacial score (nSPS) is 17.5. The zero-order chi connectivity index (χ0) is 16.8. The highest BCUT2D eigenvalue weighted by Crippen LogP contribution is 2.16. The molecule has 1 aromatic carbocycles. The van der Waals surface area contributed by atoms with Crippen molar-refractivity contribution in [3.8, 4) is 0 Å². The molecule has 0 bridgehead atoms. The van der Waals surface area contributed by atoms with Gasteiger partial charge in [-0.05, 0) is 43.0 Å². The summed E-state index contributed by atoms with van der Waals surface area (Å²) in [4.78, 5) is 36.7. The molecule has 6 nitrogen and oxygen atoms in total. The van der Waals surface area contributed by atoms with Crippen LogP contribution in [0.3, 0.4) is 0 Å². The Balaban J connectivity index is 1.84. The molecule has 0 saturated carbocycles. The van der Waals surface area contributed by atoms with Crippen LogP contribution in [-0.2, 0) is 14.3 Å². The van der Waals surface area contributed by atoms with Crippen LogP contribution >= 0.6 is 0 Å². The summed E-state index contributed by atoms with van der Waals surface area (Å²) in [6, 6.07) is 6.35. The number of esters is 1. The molecule has 1 aliphatic heterocycles. The van der Waals surface area contributed by atoms with E-state index in [-0.39, 0.29) is 18.4 Å². The minimum atomic E-state index is -0.544. The van der Waals surface area contributed by atoms with Crippen molar-refractivity contribution in [3.63, 3.8) is 0 Å². The third-order valence-corrected chi connectivity index (χ3v) is 3.78. The highest BCUT2D eigenvalue weighted by atomic mass is 16.5. The molecule has 1 atom stereocenters. The van der Waals surface area contributed by atoms with Gasteiger partial charge < -0.3 is 15.0 Å². The third kappa shape index (κ3) is 5.09. The second kappa shape index (κ2) is 7.76. The fraction of sp³-hybridized carbons (Fsp3) is 0.471. The van der Waals surface area contributed by atoms with Crippen molar-refractivity contribution in [2.24, 2.45) is 5.92 Å². The molecule has 1 heterocycles. The zero-order valence-corrected chi connectivity index (χ0v) is 13.5. The smallest absolute Gasteiger partial charge is 0.338 e. The highest BCUT2D eigenvalue weighted by molar-refractivity contribution is 5.93. The number of anilines is 1. The van der Waals surface area contributed by atoms with Crippen molar-refractivity contribution in [1.82, 2.24) is 4.90 Å². The first-order valence-electron chi connectivity index (χ1n) is 7.78. The Hall–Kier alpha value is -2.37. The van der Waals surface area contributed by atoms with E-state index >= 15 is 0 Å². The summed E-state index contributed by atoms with van der Waals surface area (Å²) >= 11 is 0.